The third-order valence-electron chi connectivity index (χ3n) is 5.44. The SMILES string of the molecule is C[C@@H]1CCCC[C@@]12NC(=O)N(C[NH+]1CCCCC1)C2=O. The van der Waals surface area contributed by atoms with E-state index >= 15 is 0 Å². The van der Waals surface area contributed by atoms with Gasteiger partial charge in [-0.15, -0.1) is 0 Å². The van der Waals surface area contributed by atoms with Gasteiger partial charge in [0.2, 0.25) is 0 Å². The highest BCUT2D eigenvalue weighted by Crippen LogP contribution is 2.37. The third kappa shape index (κ3) is 2.22. The fourth-order valence-electron chi connectivity index (χ4n) is 4.07. The molecule has 2 heterocycles. The molecule has 5 heteroatoms. The zero-order chi connectivity index (χ0) is 14.2. The first-order valence-electron chi connectivity index (χ1n) is 8.11. The zero-order valence-corrected chi connectivity index (χ0v) is 12.4. The molecule has 2 N–H and O–H groups in total. The summed E-state index contributed by atoms with van der Waals surface area (Å²) in [5, 5.41) is 3.03. The van der Waals surface area contributed by atoms with Gasteiger partial charge in [-0.2, -0.15) is 0 Å². The van der Waals surface area contributed by atoms with Gasteiger partial charge in [-0.1, -0.05) is 19.8 Å². The number of hydrogen-bond acceptors (Lipinski definition) is 2. The molecule has 1 spiro atoms. The van der Waals surface area contributed by atoms with E-state index in [1.54, 1.807) is 0 Å². The molecule has 2 aliphatic heterocycles. The van der Waals surface area contributed by atoms with Crippen molar-refractivity contribution in [2.45, 2.75) is 57.4 Å². The fraction of sp³-hybridized carbons (Fsp3) is 0.867. The number of hydrogen-bond donors (Lipinski definition) is 2. The molecule has 0 aromatic carbocycles. The number of likely N-dealkylation sites (tertiary alicyclic amines) is 1. The van der Waals surface area contributed by atoms with Crippen LogP contribution in [-0.4, -0.2) is 42.1 Å². The number of nitrogens with one attached hydrogen (secondary N) is 2. The van der Waals surface area contributed by atoms with Crippen molar-refractivity contribution in [2.24, 2.45) is 5.92 Å². The van der Waals surface area contributed by atoms with E-state index in [0.717, 1.165) is 32.4 Å². The van der Waals surface area contributed by atoms with Crippen molar-refractivity contribution in [3.05, 3.63) is 0 Å². The lowest BCUT2D eigenvalue weighted by molar-refractivity contribution is -0.912. The molecule has 0 bridgehead atoms. The van der Waals surface area contributed by atoms with E-state index in [2.05, 4.69) is 12.2 Å². The maximum atomic E-state index is 12.8. The molecule has 1 saturated carbocycles. The van der Waals surface area contributed by atoms with Crippen LogP contribution in [0.15, 0.2) is 0 Å². The molecule has 2 saturated heterocycles. The molecule has 0 unspecified atom stereocenters. The van der Waals surface area contributed by atoms with Gasteiger partial charge in [-0.25, -0.2) is 9.69 Å². The van der Waals surface area contributed by atoms with Crippen molar-refractivity contribution in [1.82, 2.24) is 10.2 Å². The van der Waals surface area contributed by atoms with Gasteiger partial charge < -0.3 is 10.2 Å². The third-order valence-corrected chi connectivity index (χ3v) is 5.44. The molecule has 2 atom stereocenters. The van der Waals surface area contributed by atoms with E-state index in [1.165, 1.54) is 35.5 Å². The lowest BCUT2D eigenvalue weighted by atomic mass is 9.73. The first-order chi connectivity index (χ1) is 9.63. The van der Waals surface area contributed by atoms with Crippen LogP contribution in [0.5, 0.6) is 0 Å². The predicted octanol–water partition coefficient (Wildman–Crippen LogP) is 0.513. The number of carbonyl (C=O) groups excluding carboxylic acids is 2. The Morgan fingerprint density at radius 1 is 1.20 bits per heavy atom. The number of quaternary nitrogens is 1. The smallest absolute Gasteiger partial charge is 0.323 e. The summed E-state index contributed by atoms with van der Waals surface area (Å²) >= 11 is 0. The van der Waals surface area contributed by atoms with Crippen molar-refractivity contribution in [1.29, 1.82) is 0 Å². The molecule has 1 aliphatic carbocycles. The maximum Gasteiger partial charge on any atom is 0.329 e. The van der Waals surface area contributed by atoms with Gasteiger partial charge in [0, 0.05) is 0 Å². The summed E-state index contributed by atoms with van der Waals surface area (Å²) in [5.74, 6) is 0.293. The zero-order valence-electron chi connectivity index (χ0n) is 12.4. The van der Waals surface area contributed by atoms with Crippen LogP contribution in [0.4, 0.5) is 4.79 Å². The minimum Gasteiger partial charge on any atom is -0.323 e. The minimum absolute atomic E-state index is 0.0350. The second-order valence-electron chi connectivity index (χ2n) is 6.75. The Bertz CT molecular complexity index is 406. The summed E-state index contributed by atoms with van der Waals surface area (Å²) in [6.07, 6.45) is 7.76. The number of carbonyl (C=O) groups is 2. The Kier molecular flexibility index (Phi) is 3.71. The van der Waals surface area contributed by atoms with Crippen molar-refractivity contribution in [3.8, 4) is 0 Å². The summed E-state index contributed by atoms with van der Waals surface area (Å²) in [4.78, 5) is 27.9. The van der Waals surface area contributed by atoms with E-state index in [-0.39, 0.29) is 17.9 Å². The molecule has 3 rings (SSSR count). The summed E-state index contributed by atoms with van der Waals surface area (Å²) in [6, 6.07) is -0.165. The summed E-state index contributed by atoms with van der Waals surface area (Å²) < 4.78 is 0. The molecule has 0 aromatic heterocycles. The molecule has 0 radical (unpaired) electrons. The van der Waals surface area contributed by atoms with Crippen LogP contribution in [0.1, 0.15) is 51.9 Å². The van der Waals surface area contributed by atoms with Crippen molar-refractivity contribution in [3.63, 3.8) is 0 Å². The van der Waals surface area contributed by atoms with E-state index in [0.29, 0.717) is 6.67 Å². The summed E-state index contributed by atoms with van der Waals surface area (Å²) in [6.45, 7) is 4.83. The average molecular weight is 280 g/mol. The van der Waals surface area contributed by atoms with E-state index in [4.69, 9.17) is 0 Å². The molecule has 3 amide bonds. The highest BCUT2D eigenvalue weighted by molar-refractivity contribution is 6.07. The van der Waals surface area contributed by atoms with E-state index in [1.807, 2.05) is 0 Å². The number of amides is 3. The second kappa shape index (κ2) is 5.35. The Balaban J connectivity index is 1.72. The van der Waals surface area contributed by atoms with Crippen LogP contribution in [0.3, 0.4) is 0 Å². The van der Waals surface area contributed by atoms with Crippen LogP contribution in [0, 0.1) is 5.92 Å². The van der Waals surface area contributed by atoms with Gasteiger partial charge in [-0.3, -0.25) is 4.79 Å². The minimum atomic E-state index is -0.593. The van der Waals surface area contributed by atoms with Gasteiger partial charge in [-0.05, 0) is 38.0 Å². The van der Waals surface area contributed by atoms with E-state index < -0.39 is 5.54 Å². The molecule has 20 heavy (non-hydrogen) atoms. The first-order valence-corrected chi connectivity index (χ1v) is 8.11. The van der Waals surface area contributed by atoms with Gasteiger partial charge in [0.25, 0.3) is 5.91 Å². The van der Waals surface area contributed by atoms with E-state index in [9.17, 15) is 9.59 Å². The fourth-order valence-corrected chi connectivity index (χ4v) is 4.07. The average Bonchev–Trinajstić information content (AvgIpc) is 2.69. The lowest BCUT2D eigenvalue weighted by Gasteiger charge is -2.37. The highest BCUT2D eigenvalue weighted by Gasteiger charge is 2.55. The van der Waals surface area contributed by atoms with Crippen molar-refractivity contribution >= 4 is 11.9 Å². The molecular formula is C15H26N3O2+. The number of imide groups is 1. The van der Waals surface area contributed by atoms with Gasteiger partial charge in [0.15, 0.2) is 6.67 Å². The van der Waals surface area contributed by atoms with Gasteiger partial charge in [0.05, 0.1) is 13.1 Å². The molecule has 3 aliphatic rings. The van der Waals surface area contributed by atoms with Gasteiger partial charge >= 0.3 is 6.03 Å². The lowest BCUT2D eigenvalue weighted by Crippen LogP contribution is -3.14. The monoisotopic (exact) mass is 280 g/mol. The second-order valence-corrected chi connectivity index (χ2v) is 6.75. The normalized spacial score (nSPS) is 35.6. The Morgan fingerprint density at radius 3 is 2.65 bits per heavy atom. The Hall–Kier alpha value is -1.10. The molecule has 5 nitrogen and oxygen atoms in total. The maximum absolute atomic E-state index is 12.8. The van der Waals surface area contributed by atoms with Crippen LogP contribution >= 0.6 is 0 Å². The summed E-state index contributed by atoms with van der Waals surface area (Å²) in [7, 11) is 0. The first kappa shape index (κ1) is 13.9. The molecule has 3 fully saturated rings. The van der Waals surface area contributed by atoms with Crippen LogP contribution in [0.25, 0.3) is 0 Å². The van der Waals surface area contributed by atoms with Crippen LogP contribution in [0.2, 0.25) is 0 Å². The number of nitrogens with zero attached hydrogens (tertiary/aromatic N) is 1. The number of urea groups is 1. The molecule has 112 valence electrons. The van der Waals surface area contributed by atoms with Crippen molar-refractivity contribution < 1.29 is 14.5 Å². The van der Waals surface area contributed by atoms with Crippen LogP contribution < -0.4 is 10.2 Å². The Labute approximate surface area is 120 Å². The van der Waals surface area contributed by atoms with Crippen molar-refractivity contribution in [2.75, 3.05) is 19.8 Å². The van der Waals surface area contributed by atoms with Crippen LogP contribution in [-0.2, 0) is 4.79 Å². The summed E-state index contributed by atoms with van der Waals surface area (Å²) in [5.41, 5.74) is -0.593. The van der Waals surface area contributed by atoms with Gasteiger partial charge in [0.1, 0.15) is 5.54 Å². The molecular weight excluding hydrogens is 254 g/mol. The highest BCUT2D eigenvalue weighted by atomic mass is 16.2. The number of rotatable bonds is 2. The number of piperidine rings is 1. The molecule has 0 aromatic rings. The quantitative estimate of drug-likeness (QED) is 0.724. The standard InChI is InChI=1S/C15H25N3O2/c1-12-7-3-4-8-15(12)13(19)18(14(20)16-15)11-17-9-5-2-6-10-17/h12H,2-11H2,1H3,(H,16,20)/p+1/t12-,15-/m1/s1. The topological polar surface area (TPSA) is 53.9 Å². The predicted molar refractivity (Wildman–Crippen MR) is 75.2 cm³/mol. The largest absolute Gasteiger partial charge is 0.329 e. The Morgan fingerprint density at radius 2 is 1.95 bits per heavy atom.